The largest absolute Gasteiger partial charge is 0.491 e. The number of carbonyl (C=O) groups excluding carboxylic acids is 1. The predicted octanol–water partition coefficient (Wildman–Crippen LogP) is 3.87. The van der Waals surface area contributed by atoms with E-state index in [4.69, 9.17) is 9.15 Å². The van der Waals surface area contributed by atoms with E-state index in [0.717, 1.165) is 37.3 Å². The lowest BCUT2D eigenvalue weighted by Crippen LogP contribution is -2.51. The summed E-state index contributed by atoms with van der Waals surface area (Å²) in [6.07, 6.45) is -0.649. The highest BCUT2D eigenvalue weighted by atomic mass is 19.1. The first kappa shape index (κ1) is 26.8. The van der Waals surface area contributed by atoms with Crippen LogP contribution in [0.2, 0.25) is 0 Å². The van der Waals surface area contributed by atoms with E-state index in [-0.39, 0.29) is 24.4 Å². The van der Waals surface area contributed by atoms with Gasteiger partial charge in [0.15, 0.2) is 5.58 Å². The smallest absolute Gasteiger partial charge is 0.234 e. The first-order valence-electron chi connectivity index (χ1n) is 13.2. The van der Waals surface area contributed by atoms with E-state index in [1.807, 2.05) is 55.5 Å². The van der Waals surface area contributed by atoms with Crippen LogP contribution in [-0.2, 0) is 4.79 Å². The fourth-order valence-electron chi connectivity index (χ4n) is 4.70. The average Bonchev–Trinajstić information content (AvgIpc) is 3.37. The van der Waals surface area contributed by atoms with Gasteiger partial charge in [-0.2, -0.15) is 0 Å². The van der Waals surface area contributed by atoms with Crippen molar-refractivity contribution in [3.8, 4) is 17.2 Å². The molecule has 1 aromatic heterocycles. The van der Waals surface area contributed by atoms with Crippen LogP contribution in [0, 0.1) is 5.82 Å². The maximum atomic E-state index is 13.1. The van der Waals surface area contributed by atoms with Crippen LogP contribution in [0.15, 0.2) is 77.2 Å². The van der Waals surface area contributed by atoms with Crippen LogP contribution >= 0.6 is 0 Å². The second-order valence-corrected chi connectivity index (χ2v) is 9.90. The van der Waals surface area contributed by atoms with Crippen molar-refractivity contribution in [2.75, 3.05) is 45.9 Å². The van der Waals surface area contributed by atoms with Crippen LogP contribution in [0.25, 0.3) is 22.6 Å². The van der Waals surface area contributed by atoms with Crippen LogP contribution in [0.5, 0.6) is 5.75 Å². The highest BCUT2D eigenvalue weighted by Crippen LogP contribution is 2.27. The zero-order valence-electron chi connectivity index (χ0n) is 21.9. The number of fused-ring (bicyclic) bond motifs is 1. The average molecular weight is 533 g/mol. The van der Waals surface area contributed by atoms with Gasteiger partial charge in [0, 0.05) is 44.4 Å². The van der Waals surface area contributed by atoms with Gasteiger partial charge in [0.1, 0.15) is 29.8 Å². The standard InChI is InChI=1S/C30H33FN4O4/c1-21(22-7-9-24(31)10-8-22)32-29(37)19-35-15-13-34(14-16-35)18-25(36)20-38-26-11-12-28-27(17-26)33-30(39-28)23-5-3-2-4-6-23/h2-12,17,21,25,36H,13-16,18-20H2,1H3,(H,32,37)/t21-,25+/m0/s1. The second kappa shape index (κ2) is 12.4. The normalized spacial score (nSPS) is 16.2. The van der Waals surface area contributed by atoms with Gasteiger partial charge >= 0.3 is 0 Å². The Morgan fingerprint density at radius 3 is 2.51 bits per heavy atom. The fraction of sp³-hybridized carbons (Fsp3) is 0.333. The number of nitrogens with zero attached hydrogens (tertiary/aromatic N) is 3. The van der Waals surface area contributed by atoms with Gasteiger partial charge in [-0.3, -0.25) is 14.6 Å². The minimum atomic E-state index is -0.649. The number of β-amino-alcohol motifs (C(OH)–C–C–N with tert-alkyl or cyclic N) is 1. The summed E-state index contributed by atoms with van der Waals surface area (Å²) >= 11 is 0. The lowest BCUT2D eigenvalue weighted by Gasteiger charge is -2.35. The van der Waals surface area contributed by atoms with Gasteiger partial charge in [-0.1, -0.05) is 30.3 Å². The van der Waals surface area contributed by atoms with Crippen molar-refractivity contribution in [2.45, 2.75) is 19.1 Å². The van der Waals surface area contributed by atoms with Crippen molar-refractivity contribution in [1.82, 2.24) is 20.1 Å². The van der Waals surface area contributed by atoms with Crippen LogP contribution in [0.4, 0.5) is 4.39 Å². The number of hydrogen-bond acceptors (Lipinski definition) is 7. The van der Waals surface area contributed by atoms with Gasteiger partial charge in [0.05, 0.1) is 12.6 Å². The zero-order valence-corrected chi connectivity index (χ0v) is 21.9. The summed E-state index contributed by atoms with van der Waals surface area (Å²) in [5.41, 5.74) is 3.15. The maximum Gasteiger partial charge on any atom is 0.234 e. The summed E-state index contributed by atoms with van der Waals surface area (Å²) < 4.78 is 24.8. The molecule has 0 saturated carbocycles. The Kier molecular flexibility index (Phi) is 8.51. The van der Waals surface area contributed by atoms with Gasteiger partial charge < -0.3 is 19.6 Å². The third-order valence-electron chi connectivity index (χ3n) is 6.87. The Labute approximate surface area is 227 Å². The molecule has 2 heterocycles. The predicted molar refractivity (Wildman–Crippen MR) is 147 cm³/mol. The minimum absolute atomic E-state index is 0.0614. The molecular formula is C30H33FN4O4. The number of carbonyl (C=O) groups is 1. The molecule has 2 N–H and O–H groups in total. The van der Waals surface area contributed by atoms with Crippen LogP contribution in [0.1, 0.15) is 18.5 Å². The van der Waals surface area contributed by atoms with E-state index in [1.165, 1.54) is 12.1 Å². The zero-order chi connectivity index (χ0) is 27.2. The van der Waals surface area contributed by atoms with Gasteiger partial charge in [-0.05, 0) is 48.9 Å². The summed E-state index contributed by atoms with van der Waals surface area (Å²) in [4.78, 5) is 21.3. The van der Waals surface area contributed by atoms with Crippen LogP contribution < -0.4 is 10.1 Å². The third kappa shape index (κ3) is 7.20. The van der Waals surface area contributed by atoms with Gasteiger partial charge in [0.2, 0.25) is 11.8 Å². The molecule has 39 heavy (non-hydrogen) atoms. The first-order chi connectivity index (χ1) is 18.9. The van der Waals surface area contributed by atoms with Gasteiger partial charge in [-0.15, -0.1) is 0 Å². The van der Waals surface area contributed by atoms with Crippen molar-refractivity contribution < 1.29 is 23.4 Å². The molecule has 5 rings (SSSR count). The Hall–Kier alpha value is -3.79. The number of aliphatic hydroxyl groups excluding tert-OH is 1. The highest BCUT2D eigenvalue weighted by molar-refractivity contribution is 5.78. The topological polar surface area (TPSA) is 91.1 Å². The van der Waals surface area contributed by atoms with Gasteiger partial charge in [0.25, 0.3) is 0 Å². The number of halogens is 1. The monoisotopic (exact) mass is 532 g/mol. The number of nitrogens with one attached hydrogen (secondary N) is 1. The molecule has 1 aliphatic heterocycles. The van der Waals surface area contributed by atoms with Crippen LogP contribution in [-0.4, -0.2) is 77.8 Å². The minimum Gasteiger partial charge on any atom is -0.491 e. The number of aromatic nitrogens is 1. The molecule has 8 nitrogen and oxygen atoms in total. The van der Waals surface area contributed by atoms with Crippen molar-refractivity contribution in [2.24, 2.45) is 0 Å². The number of amides is 1. The molecule has 1 amide bonds. The molecule has 0 spiro atoms. The molecule has 204 valence electrons. The molecule has 0 bridgehead atoms. The molecule has 3 aromatic carbocycles. The molecule has 2 atom stereocenters. The number of ether oxygens (including phenoxy) is 1. The van der Waals surface area contributed by atoms with Gasteiger partial charge in [-0.25, -0.2) is 9.37 Å². The number of rotatable bonds is 10. The molecule has 0 radical (unpaired) electrons. The molecule has 1 fully saturated rings. The quantitative estimate of drug-likeness (QED) is 0.321. The summed E-state index contributed by atoms with van der Waals surface area (Å²) in [5, 5.41) is 13.5. The Morgan fingerprint density at radius 1 is 1.05 bits per heavy atom. The van der Waals surface area contributed by atoms with Crippen LogP contribution in [0.3, 0.4) is 0 Å². The molecule has 1 saturated heterocycles. The van der Waals surface area contributed by atoms with E-state index in [1.54, 1.807) is 12.1 Å². The number of benzene rings is 3. The summed E-state index contributed by atoms with van der Waals surface area (Å²) in [5.74, 6) is 0.827. The SMILES string of the molecule is C[C@H](NC(=O)CN1CCN(C[C@@H](O)COc2ccc3oc(-c4ccccc4)nc3c2)CC1)c1ccc(F)cc1. The van der Waals surface area contributed by atoms with E-state index in [9.17, 15) is 14.3 Å². The molecule has 9 heteroatoms. The molecule has 4 aromatic rings. The van der Waals surface area contributed by atoms with E-state index < -0.39 is 6.10 Å². The Bertz CT molecular complexity index is 1370. The second-order valence-electron chi connectivity index (χ2n) is 9.90. The molecule has 0 unspecified atom stereocenters. The fourth-order valence-corrected chi connectivity index (χ4v) is 4.70. The lowest BCUT2D eigenvalue weighted by molar-refractivity contribution is -0.123. The number of hydrogen-bond donors (Lipinski definition) is 2. The number of oxazole rings is 1. The summed E-state index contributed by atoms with van der Waals surface area (Å²) in [7, 11) is 0. The molecule has 0 aliphatic carbocycles. The van der Waals surface area contributed by atoms with Crippen molar-refractivity contribution >= 4 is 17.0 Å². The molecular weight excluding hydrogens is 499 g/mol. The number of piperazine rings is 1. The maximum absolute atomic E-state index is 13.1. The van der Waals surface area contributed by atoms with E-state index in [0.29, 0.717) is 35.8 Å². The third-order valence-corrected chi connectivity index (χ3v) is 6.87. The Balaban J connectivity index is 1.03. The van der Waals surface area contributed by atoms with Crippen molar-refractivity contribution in [3.63, 3.8) is 0 Å². The highest BCUT2D eigenvalue weighted by Gasteiger charge is 2.22. The number of aliphatic hydroxyl groups is 1. The molecule has 1 aliphatic rings. The lowest BCUT2D eigenvalue weighted by atomic mass is 10.1. The van der Waals surface area contributed by atoms with Crippen molar-refractivity contribution in [3.05, 3.63) is 84.2 Å². The summed E-state index contributed by atoms with van der Waals surface area (Å²) in [6, 6.07) is 21.2. The van der Waals surface area contributed by atoms with E-state index in [2.05, 4.69) is 20.1 Å². The Morgan fingerprint density at radius 2 is 1.77 bits per heavy atom. The van der Waals surface area contributed by atoms with E-state index >= 15 is 0 Å². The summed E-state index contributed by atoms with van der Waals surface area (Å²) in [6.45, 7) is 5.83. The first-order valence-corrected chi connectivity index (χ1v) is 13.2. The van der Waals surface area contributed by atoms with Crippen molar-refractivity contribution in [1.29, 1.82) is 0 Å².